The molecule has 0 heterocycles. The van der Waals surface area contributed by atoms with Crippen LogP contribution in [0.3, 0.4) is 0 Å². The SMILES string of the molecule is CN(C(=O)NCCc1cc(F)cc(F)c1)C(C)(C)C(=O)O. The summed E-state index contributed by atoms with van der Waals surface area (Å²) in [5, 5.41) is 11.5. The van der Waals surface area contributed by atoms with Gasteiger partial charge in [-0.3, -0.25) is 0 Å². The Bertz CT molecular complexity index is 527. The predicted molar refractivity (Wildman–Crippen MR) is 72.9 cm³/mol. The van der Waals surface area contributed by atoms with Gasteiger partial charge in [0.25, 0.3) is 0 Å². The van der Waals surface area contributed by atoms with Crippen LogP contribution in [0.5, 0.6) is 0 Å². The maximum absolute atomic E-state index is 13.0. The molecule has 0 atom stereocenters. The van der Waals surface area contributed by atoms with Gasteiger partial charge in [-0.15, -0.1) is 0 Å². The number of benzene rings is 1. The van der Waals surface area contributed by atoms with Gasteiger partial charge in [-0.05, 0) is 38.0 Å². The van der Waals surface area contributed by atoms with Crippen LogP contribution >= 0.6 is 0 Å². The molecule has 0 aliphatic heterocycles. The minimum absolute atomic E-state index is 0.141. The average molecular weight is 300 g/mol. The van der Waals surface area contributed by atoms with Crippen LogP contribution < -0.4 is 5.32 Å². The van der Waals surface area contributed by atoms with Crippen molar-refractivity contribution in [2.75, 3.05) is 13.6 Å². The second kappa shape index (κ2) is 6.51. The summed E-state index contributed by atoms with van der Waals surface area (Å²) >= 11 is 0. The van der Waals surface area contributed by atoms with E-state index in [0.29, 0.717) is 5.56 Å². The molecule has 0 spiro atoms. The van der Waals surface area contributed by atoms with E-state index in [1.54, 1.807) is 0 Å². The van der Waals surface area contributed by atoms with Gasteiger partial charge in [0, 0.05) is 19.7 Å². The molecule has 21 heavy (non-hydrogen) atoms. The van der Waals surface area contributed by atoms with Crippen molar-refractivity contribution in [2.45, 2.75) is 25.8 Å². The monoisotopic (exact) mass is 300 g/mol. The van der Waals surface area contributed by atoms with Crippen LogP contribution in [0.2, 0.25) is 0 Å². The first-order chi connectivity index (χ1) is 9.64. The minimum Gasteiger partial charge on any atom is -0.480 e. The van der Waals surface area contributed by atoms with Crippen LogP contribution in [-0.4, -0.2) is 41.1 Å². The van der Waals surface area contributed by atoms with Gasteiger partial charge in [-0.2, -0.15) is 0 Å². The molecule has 0 aromatic heterocycles. The molecule has 0 aliphatic rings. The van der Waals surface area contributed by atoms with Crippen molar-refractivity contribution in [1.29, 1.82) is 0 Å². The van der Waals surface area contributed by atoms with Gasteiger partial charge in [0.05, 0.1) is 0 Å². The first-order valence-corrected chi connectivity index (χ1v) is 6.34. The van der Waals surface area contributed by atoms with Crippen LogP contribution in [0.1, 0.15) is 19.4 Å². The fourth-order valence-corrected chi connectivity index (χ4v) is 1.58. The summed E-state index contributed by atoms with van der Waals surface area (Å²) in [4.78, 5) is 23.9. The number of hydrogen-bond acceptors (Lipinski definition) is 2. The Balaban J connectivity index is 2.56. The van der Waals surface area contributed by atoms with Gasteiger partial charge in [0.15, 0.2) is 0 Å². The molecule has 116 valence electrons. The van der Waals surface area contributed by atoms with Crippen LogP contribution in [0.4, 0.5) is 13.6 Å². The summed E-state index contributed by atoms with van der Waals surface area (Å²) in [7, 11) is 1.37. The van der Waals surface area contributed by atoms with E-state index < -0.39 is 29.2 Å². The molecule has 0 radical (unpaired) electrons. The van der Waals surface area contributed by atoms with Gasteiger partial charge >= 0.3 is 12.0 Å². The number of carboxylic acid groups (broad SMARTS) is 1. The van der Waals surface area contributed by atoms with Crippen molar-refractivity contribution in [3.63, 3.8) is 0 Å². The normalized spacial score (nSPS) is 11.1. The van der Waals surface area contributed by atoms with Crippen molar-refractivity contribution in [2.24, 2.45) is 0 Å². The van der Waals surface area contributed by atoms with Crippen LogP contribution in [0, 0.1) is 11.6 Å². The summed E-state index contributed by atoms with van der Waals surface area (Å²) in [6, 6.07) is 2.56. The first kappa shape index (κ1) is 16.9. The maximum atomic E-state index is 13.0. The van der Waals surface area contributed by atoms with Gasteiger partial charge in [-0.25, -0.2) is 18.4 Å². The van der Waals surface area contributed by atoms with Crippen LogP contribution in [0.25, 0.3) is 0 Å². The molecule has 1 rings (SSSR count). The fourth-order valence-electron chi connectivity index (χ4n) is 1.58. The van der Waals surface area contributed by atoms with E-state index in [9.17, 15) is 18.4 Å². The number of urea groups is 1. The second-order valence-electron chi connectivity index (χ2n) is 5.18. The Morgan fingerprint density at radius 3 is 2.24 bits per heavy atom. The van der Waals surface area contributed by atoms with E-state index in [1.807, 2.05) is 0 Å². The van der Waals surface area contributed by atoms with Gasteiger partial charge < -0.3 is 15.3 Å². The molecule has 0 saturated heterocycles. The number of carbonyl (C=O) groups excluding carboxylic acids is 1. The van der Waals surface area contributed by atoms with E-state index >= 15 is 0 Å². The zero-order valence-corrected chi connectivity index (χ0v) is 12.1. The summed E-state index contributed by atoms with van der Waals surface area (Å²) < 4.78 is 26.0. The Labute approximate surface area is 121 Å². The van der Waals surface area contributed by atoms with Crippen molar-refractivity contribution in [3.05, 3.63) is 35.4 Å². The molecule has 1 aromatic rings. The third-order valence-electron chi connectivity index (χ3n) is 3.28. The lowest BCUT2D eigenvalue weighted by Crippen LogP contribution is -2.54. The van der Waals surface area contributed by atoms with Crippen molar-refractivity contribution in [1.82, 2.24) is 10.2 Å². The number of nitrogens with one attached hydrogen (secondary N) is 1. The van der Waals surface area contributed by atoms with Gasteiger partial charge in [0.2, 0.25) is 0 Å². The molecular weight excluding hydrogens is 282 g/mol. The Hall–Kier alpha value is -2.18. The molecule has 1 aromatic carbocycles. The number of aliphatic carboxylic acids is 1. The molecule has 0 aliphatic carbocycles. The van der Waals surface area contributed by atoms with Crippen molar-refractivity contribution in [3.8, 4) is 0 Å². The number of halogens is 2. The molecule has 0 fully saturated rings. The van der Waals surface area contributed by atoms with E-state index in [1.165, 1.54) is 33.0 Å². The number of hydrogen-bond donors (Lipinski definition) is 2. The first-order valence-electron chi connectivity index (χ1n) is 6.34. The third-order valence-corrected chi connectivity index (χ3v) is 3.28. The number of carboxylic acids is 1. The van der Waals surface area contributed by atoms with E-state index in [0.717, 1.165) is 11.0 Å². The average Bonchev–Trinajstić information content (AvgIpc) is 2.36. The maximum Gasteiger partial charge on any atom is 0.329 e. The molecule has 0 saturated carbocycles. The quantitative estimate of drug-likeness (QED) is 0.874. The zero-order chi connectivity index (χ0) is 16.2. The minimum atomic E-state index is -1.35. The van der Waals surface area contributed by atoms with E-state index in [4.69, 9.17) is 5.11 Å². The Morgan fingerprint density at radius 1 is 1.24 bits per heavy atom. The summed E-state index contributed by atoms with van der Waals surface area (Å²) in [5.41, 5.74) is -0.942. The van der Waals surface area contributed by atoms with E-state index in [-0.39, 0.29) is 13.0 Å². The lowest BCUT2D eigenvalue weighted by atomic mass is 10.1. The number of nitrogens with zero attached hydrogens (tertiary/aromatic N) is 1. The summed E-state index contributed by atoms with van der Waals surface area (Å²) in [6.45, 7) is 2.94. The van der Waals surface area contributed by atoms with E-state index in [2.05, 4.69) is 5.32 Å². The highest BCUT2D eigenvalue weighted by Gasteiger charge is 2.35. The highest BCUT2D eigenvalue weighted by Crippen LogP contribution is 2.12. The standard InChI is InChI=1S/C14H18F2N2O3/c1-14(2,12(19)20)18(3)13(21)17-5-4-9-6-10(15)8-11(16)7-9/h6-8H,4-5H2,1-3H3,(H,17,21)(H,19,20). The van der Waals surface area contributed by atoms with Crippen molar-refractivity contribution >= 4 is 12.0 Å². The second-order valence-corrected chi connectivity index (χ2v) is 5.18. The highest BCUT2D eigenvalue weighted by atomic mass is 19.1. The fraction of sp³-hybridized carbons (Fsp3) is 0.429. The predicted octanol–water partition coefficient (Wildman–Crippen LogP) is 2.01. The van der Waals surface area contributed by atoms with Gasteiger partial charge in [0.1, 0.15) is 17.2 Å². The van der Waals surface area contributed by atoms with Gasteiger partial charge in [-0.1, -0.05) is 0 Å². The van der Waals surface area contributed by atoms with Crippen LogP contribution in [0.15, 0.2) is 18.2 Å². The lowest BCUT2D eigenvalue weighted by Gasteiger charge is -2.31. The molecule has 7 heteroatoms. The zero-order valence-electron chi connectivity index (χ0n) is 12.1. The smallest absolute Gasteiger partial charge is 0.329 e. The molecule has 2 amide bonds. The summed E-state index contributed by atoms with van der Waals surface area (Å²) in [5.74, 6) is -2.49. The number of rotatable bonds is 5. The lowest BCUT2D eigenvalue weighted by molar-refractivity contribution is -0.146. The Morgan fingerprint density at radius 2 is 1.76 bits per heavy atom. The topological polar surface area (TPSA) is 69.6 Å². The highest BCUT2D eigenvalue weighted by molar-refractivity contribution is 5.85. The third kappa shape index (κ3) is 4.40. The molecule has 0 unspecified atom stereocenters. The number of carbonyl (C=O) groups is 2. The number of amides is 2. The Kier molecular flexibility index (Phi) is 5.23. The molecule has 5 nitrogen and oxygen atoms in total. The van der Waals surface area contributed by atoms with Crippen LogP contribution in [-0.2, 0) is 11.2 Å². The van der Waals surface area contributed by atoms with Crippen molar-refractivity contribution < 1.29 is 23.5 Å². The number of likely N-dealkylation sites (N-methyl/N-ethyl adjacent to an activating group) is 1. The molecule has 0 bridgehead atoms. The molecular formula is C14H18F2N2O3. The summed E-state index contributed by atoms with van der Waals surface area (Å²) in [6.07, 6.45) is 0.238. The largest absolute Gasteiger partial charge is 0.480 e. The molecule has 2 N–H and O–H groups in total.